The van der Waals surface area contributed by atoms with Crippen LogP contribution in [0.25, 0.3) is 6.08 Å². The van der Waals surface area contributed by atoms with E-state index in [1.165, 1.54) is 16.4 Å². The van der Waals surface area contributed by atoms with E-state index in [0.29, 0.717) is 0 Å². The molecule has 0 aromatic heterocycles. The number of amides is 1. The van der Waals surface area contributed by atoms with Gasteiger partial charge in [-0.3, -0.25) is 0 Å². The van der Waals surface area contributed by atoms with E-state index in [1.54, 1.807) is 18.2 Å². The number of sulfonamides is 1. The predicted octanol–water partition coefficient (Wildman–Crippen LogP) is 3.22. The number of carboxylic acid groups (broad SMARTS) is 1. The number of aliphatic hydroxyl groups excluding tert-OH is 1. The average molecular weight is 447 g/mol. The lowest BCUT2D eigenvalue weighted by molar-refractivity contribution is 0.0980. The molecule has 7 nitrogen and oxygen atoms in total. The van der Waals surface area contributed by atoms with Crippen molar-refractivity contribution in [3.05, 3.63) is 72.3 Å². The van der Waals surface area contributed by atoms with Crippen LogP contribution in [-0.4, -0.2) is 54.3 Å². The lowest BCUT2D eigenvalue weighted by Gasteiger charge is -2.30. The maximum Gasteiger partial charge on any atom is 0.404 e. The Morgan fingerprint density at radius 3 is 2.23 bits per heavy atom. The third kappa shape index (κ3) is 7.20. The van der Waals surface area contributed by atoms with E-state index in [1.807, 2.05) is 44.2 Å². The number of rotatable bonds is 11. The van der Waals surface area contributed by atoms with Gasteiger partial charge in [0, 0.05) is 13.1 Å². The normalized spacial score (nSPS) is 13.7. The van der Waals surface area contributed by atoms with Crippen molar-refractivity contribution in [3.8, 4) is 0 Å². The second-order valence-electron chi connectivity index (χ2n) is 7.80. The molecule has 2 aromatic rings. The van der Waals surface area contributed by atoms with Gasteiger partial charge in [-0.25, -0.2) is 13.2 Å². The molecule has 1 amide bonds. The van der Waals surface area contributed by atoms with Gasteiger partial charge >= 0.3 is 6.09 Å². The topological polar surface area (TPSA) is 107 Å². The first-order valence-electron chi connectivity index (χ1n) is 10.1. The summed E-state index contributed by atoms with van der Waals surface area (Å²) in [5.41, 5.74) is 1.63. The van der Waals surface area contributed by atoms with E-state index >= 15 is 0 Å². The van der Waals surface area contributed by atoms with Crippen molar-refractivity contribution in [2.45, 2.75) is 37.3 Å². The SMILES string of the molecule is C=Cc1ccc(S(=O)(=O)N(CC(C)C)CC(O)C(Cc2ccccc2)NC(=O)O)cc1. The van der Waals surface area contributed by atoms with Crippen molar-refractivity contribution >= 4 is 22.2 Å². The van der Waals surface area contributed by atoms with Crippen molar-refractivity contribution in [2.24, 2.45) is 5.92 Å². The van der Waals surface area contributed by atoms with Crippen molar-refractivity contribution in [1.29, 1.82) is 0 Å². The summed E-state index contributed by atoms with van der Waals surface area (Å²) in [6.07, 6.45) is -0.661. The van der Waals surface area contributed by atoms with E-state index in [4.69, 9.17) is 0 Å². The maximum atomic E-state index is 13.3. The van der Waals surface area contributed by atoms with Crippen LogP contribution in [0.15, 0.2) is 66.1 Å². The fourth-order valence-electron chi connectivity index (χ4n) is 3.25. The van der Waals surface area contributed by atoms with Crippen molar-refractivity contribution in [3.63, 3.8) is 0 Å². The average Bonchev–Trinajstić information content (AvgIpc) is 2.73. The van der Waals surface area contributed by atoms with E-state index < -0.39 is 28.3 Å². The molecular weight excluding hydrogens is 416 g/mol. The molecule has 0 saturated carbocycles. The van der Waals surface area contributed by atoms with Crippen LogP contribution in [0, 0.1) is 5.92 Å². The highest BCUT2D eigenvalue weighted by Gasteiger charge is 2.31. The van der Waals surface area contributed by atoms with Gasteiger partial charge in [0.05, 0.1) is 17.0 Å². The smallest absolute Gasteiger partial charge is 0.404 e. The molecule has 2 aromatic carbocycles. The lowest BCUT2D eigenvalue weighted by atomic mass is 10.0. The van der Waals surface area contributed by atoms with Crippen LogP contribution in [0.5, 0.6) is 0 Å². The fourth-order valence-corrected chi connectivity index (χ4v) is 4.87. The number of carbonyl (C=O) groups is 1. The zero-order valence-electron chi connectivity index (χ0n) is 17.8. The Morgan fingerprint density at radius 1 is 1.10 bits per heavy atom. The molecule has 0 radical (unpaired) electrons. The summed E-state index contributed by atoms with van der Waals surface area (Å²) in [7, 11) is -3.89. The second-order valence-corrected chi connectivity index (χ2v) is 9.74. The monoisotopic (exact) mass is 446 g/mol. The van der Waals surface area contributed by atoms with Gasteiger partial charge in [0.2, 0.25) is 10.0 Å². The number of nitrogens with zero attached hydrogens (tertiary/aromatic N) is 1. The van der Waals surface area contributed by atoms with Crippen LogP contribution in [0.1, 0.15) is 25.0 Å². The molecule has 2 rings (SSSR count). The van der Waals surface area contributed by atoms with Crippen molar-refractivity contribution in [1.82, 2.24) is 9.62 Å². The number of hydrogen-bond donors (Lipinski definition) is 3. The van der Waals surface area contributed by atoms with Crippen molar-refractivity contribution in [2.75, 3.05) is 13.1 Å². The molecule has 168 valence electrons. The Morgan fingerprint density at radius 2 is 1.71 bits per heavy atom. The van der Waals surface area contributed by atoms with Crippen LogP contribution in [0.2, 0.25) is 0 Å². The predicted molar refractivity (Wildman–Crippen MR) is 121 cm³/mol. The summed E-state index contributed by atoms with van der Waals surface area (Å²) >= 11 is 0. The van der Waals surface area contributed by atoms with Crippen LogP contribution in [0.3, 0.4) is 0 Å². The van der Waals surface area contributed by atoms with Gasteiger partial charge in [0.15, 0.2) is 0 Å². The van der Waals surface area contributed by atoms with Crippen LogP contribution in [0.4, 0.5) is 4.79 Å². The van der Waals surface area contributed by atoms with Gasteiger partial charge in [-0.2, -0.15) is 4.31 Å². The molecule has 3 N–H and O–H groups in total. The van der Waals surface area contributed by atoms with E-state index in [-0.39, 0.29) is 30.3 Å². The zero-order chi connectivity index (χ0) is 23.0. The molecular formula is C23H30N2O5S. The number of hydrogen-bond acceptors (Lipinski definition) is 4. The minimum atomic E-state index is -3.89. The van der Waals surface area contributed by atoms with Crippen LogP contribution >= 0.6 is 0 Å². The molecule has 31 heavy (non-hydrogen) atoms. The second kappa shape index (κ2) is 11.1. The fraction of sp³-hybridized carbons (Fsp3) is 0.348. The summed E-state index contributed by atoms with van der Waals surface area (Å²) in [5, 5.41) is 22.4. The largest absolute Gasteiger partial charge is 0.465 e. The summed E-state index contributed by atoms with van der Waals surface area (Å²) in [5.74, 6) is 0.00873. The van der Waals surface area contributed by atoms with Crippen molar-refractivity contribution < 1.29 is 23.4 Å². The third-order valence-corrected chi connectivity index (χ3v) is 6.63. The first-order chi connectivity index (χ1) is 14.6. The molecule has 0 aliphatic heterocycles. The minimum Gasteiger partial charge on any atom is -0.465 e. The number of benzene rings is 2. The molecule has 8 heteroatoms. The Balaban J connectivity index is 2.28. The first kappa shape index (κ1) is 24.6. The highest BCUT2D eigenvalue weighted by molar-refractivity contribution is 7.89. The minimum absolute atomic E-state index is 0.00873. The highest BCUT2D eigenvalue weighted by atomic mass is 32.2. The first-order valence-corrected chi connectivity index (χ1v) is 11.5. The molecule has 2 unspecified atom stereocenters. The van der Waals surface area contributed by atoms with Gasteiger partial charge in [-0.15, -0.1) is 0 Å². The number of nitrogens with one attached hydrogen (secondary N) is 1. The summed E-state index contributed by atoms with van der Waals surface area (Å²) < 4.78 is 27.7. The van der Waals surface area contributed by atoms with Gasteiger partial charge < -0.3 is 15.5 Å². The van der Waals surface area contributed by atoms with Gasteiger partial charge in [0.25, 0.3) is 0 Å². The quantitative estimate of drug-likeness (QED) is 0.491. The molecule has 2 atom stereocenters. The molecule has 0 bridgehead atoms. The standard InChI is InChI=1S/C23H30N2O5S/c1-4-18-10-12-20(13-11-18)31(29,30)25(15-17(2)3)16-22(26)21(24-23(27)28)14-19-8-6-5-7-9-19/h4-13,17,21-22,24,26H,1,14-16H2,2-3H3,(H,27,28). The van der Waals surface area contributed by atoms with Crippen LogP contribution < -0.4 is 5.32 Å². The maximum absolute atomic E-state index is 13.3. The molecule has 0 aliphatic rings. The van der Waals surface area contributed by atoms with Gasteiger partial charge in [-0.1, -0.05) is 69.0 Å². The van der Waals surface area contributed by atoms with E-state index in [2.05, 4.69) is 11.9 Å². The van der Waals surface area contributed by atoms with E-state index in [0.717, 1.165) is 11.1 Å². The molecule has 0 heterocycles. The Kier molecular flexibility index (Phi) is 8.79. The highest BCUT2D eigenvalue weighted by Crippen LogP contribution is 2.20. The van der Waals surface area contributed by atoms with E-state index in [9.17, 15) is 23.4 Å². The third-order valence-electron chi connectivity index (χ3n) is 4.78. The molecule has 0 saturated heterocycles. The molecule has 0 fully saturated rings. The Hall–Kier alpha value is -2.68. The Bertz CT molecular complexity index is 959. The number of aliphatic hydroxyl groups is 1. The van der Waals surface area contributed by atoms with Gasteiger partial charge in [-0.05, 0) is 35.6 Å². The van der Waals surface area contributed by atoms with Crippen LogP contribution in [-0.2, 0) is 16.4 Å². The molecule has 0 aliphatic carbocycles. The zero-order valence-corrected chi connectivity index (χ0v) is 18.6. The summed E-state index contributed by atoms with van der Waals surface area (Å²) in [6, 6.07) is 14.6. The van der Waals surface area contributed by atoms with Gasteiger partial charge in [0.1, 0.15) is 0 Å². The molecule has 0 spiro atoms. The Labute approximate surface area is 184 Å². The lowest BCUT2D eigenvalue weighted by Crippen LogP contribution is -2.50. The summed E-state index contributed by atoms with van der Waals surface area (Å²) in [4.78, 5) is 11.4. The summed E-state index contributed by atoms with van der Waals surface area (Å²) in [6.45, 7) is 7.38.